The lowest BCUT2D eigenvalue weighted by atomic mass is 10.0. The van der Waals surface area contributed by atoms with Crippen LogP contribution < -0.4 is 5.32 Å². The first-order chi connectivity index (χ1) is 8.41. The predicted octanol–water partition coefficient (Wildman–Crippen LogP) is 2.83. The molecule has 0 aromatic heterocycles. The first-order valence-electron chi connectivity index (χ1n) is 5.65. The Morgan fingerprint density at radius 3 is 2.44 bits per heavy atom. The van der Waals surface area contributed by atoms with E-state index in [0.717, 1.165) is 6.07 Å². The van der Waals surface area contributed by atoms with Crippen LogP contribution in [-0.4, -0.2) is 11.7 Å². The van der Waals surface area contributed by atoms with Crippen LogP contribution in [0.15, 0.2) is 12.1 Å². The molecule has 0 aliphatic rings. The van der Waals surface area contributed by atoms with Crippen LogP contribution in [0.2, 0.25) is 0 Å². The van der Waals surface area contributed by atoms with Crippen LogP contribution in [-0.2, 0) is 16.0 Å². The molecule has 1 aromatic carbocycles. The van der Waals surface area contributed by atoms with Gasteiger partial charge >= 0.3 is 0 Å². The third kappa shape index (κ3) is 3.91. The van der Waals surface area contributed by atoms with Crippen molar-refractivity contribution in [2.45, 2.75) is 33.1 Å². The van der Waals surface area contributed by atoms with Crippen molar-refractivity contribution < 1.29 is 18.4 Å². The van der Waals surface area contributed by atoms with Gasteiger partial charge in [0.05, 0.1) is 0 Å². The summed E-state index contributed by atoms with van der Waals surface area (Å²) in [5.74, 6) is -2.28. The molecule has 0 bridgehead atoms. The highest BCUT2D eigenvalue weighted by Crippen LogP contribution is 2.23. The summed E-state index contributed by atoms with van der Waals surface area (Å²) in [5, 5.41) is 2.45. The molecule has 98 valence electrons. The molecule has 1 N–H and O–H groups in total. The van der Waals surface area contributed by atoms with Crippen LogP contribution in [0.25, 0.3) is 0 Å². The Hall–Kier alpha value is -1.78. The quantitative estimate of drug-likeness (QED) is 0.879. The minimum absolute atomic E-state index is 0.00658. The molecule has 0 fully saturated rings. The van der Waals surface area contributed by atoms with Crippen LogP contribution in [0.4, 0.5) is 14.5 Å². The standard InChI is InChI=1S/C13H15F2NO2/c1-8(17)4-3-5-10-12(16-9(2)18)7-6-11(14)13(10)15/h6-7H,3-5H2,1-2H3,(H,16,18). The summed E-state index contributed by atoms with van der Waals surface area (Å²) in [7, 11) is 0. The van der Waals surface area contributed by atoms with E-state index in [1.165, 1.54) is 19.9 Å². The van der Waals surface area contributed by atoms with Gasteiger partial charge in [0.15, 0.2) is 11.6 Å². The molecular formula is C13H15F2NO2. The summed E-state index contributed by atoms with van der Waals surface area (Å²) >= 11 is 0. The molecule has 0 aliphatic carbocycles. The maximum atomic E-state index is 13.6. The summed E-state index contributed by atoms with van der Waals surface area (Å²) in [6.07, 6.45) is 0.927. The highest BCUT2D eigenvalue weighted by atomic mass is 19.2. The lowest BCUT2D eigenvalue weighted by Crippen LogP contribution is -2.10. The number of hydrogen-bond acceptors (Lipinski definition) is 2. The van der Waals surface area contributed by atoms with E-state index in [0.29, 0.717) is 12.8 Å². The number of anilines is 1. The largest absolute Gasteiger partial charge is 0.326 e. The SMILES string of the molecule is CC(=O)CCCc1c(NC(C)=O)ccc(F)c1F. The first-order valence-corrected chi connectivity index (χ1v) is 5.65. The van der Waals surface area contributed by atoms with Crippen molar-refractivity contribution in [3.8, 4) is 0 Å². The van der Waals surface area contributed by atoms with Gasteiger partial charge in [-0.2, -0.15) is 0 Å². The molecule has 0 unspecified atom stereocenters. The lowest BCUT2D eigenvalue weighted by molar-refractivity contribution is -0.117. The molecule has 1 amide bonds. The van der Waals surface area contributed by atoms with Crippen molar-refractivity contribution in [1.82, 2.24) is 0 Å². The van der Waals surface area contributed by atoms with Gasteiger partial charge in [0.1, 0.15) is 5.78 Å². The van der Waals surface area contributed by atoms with Crippen LogP contribution in [0, 0.1) is 11.6 Å². The molecule has 1 rings (SSSR count). The number of hydrogen-bond donors (Lipinski definition) is 1. The third-order valence-electron chi connectivity index (χ3n) is 2.46. The molecule has 1 aromatic rings. The Labute approximate surface area is 104 Å². The van der Waals surface area contributed by atoms with Gasteiger partial charge in [-0.05, 0) is 31.9 Å². The van der Waals surface area contributed by atoms with E-state index in [-0.39, 0.29) is 29.4 Å². The second kappa shape index (κ2) is 6.23. The van der Waals surface area contributed by atoms with E-state index in [1.807, 2.05) is 0 Å². The molecule has 0 saturated heterocycles. The van der Waals surface area contributed by atoms with E-state index < -0.39 is 11.6 Å². The zero-order valence-corrected chi connectivity index (χ0v) is 10.3. The number of rotatable bonds is 5. The number of carbonyl (C=O) groups is 2. The Kier molecular flexibility index (Phi) is 4.95. The van der Waals surface area contributed by atoms with Crippen molar-refractivity contribution in [2.24, 2.45) is 0 Å². The second-order valence-electron chi connectivity index (χ2n) is 4.12. The fourth-order valence-electron chi connectivity index (χ4n) is 1.66. The summed E-state index contributed by atoms with van der Waals surface area (Å²) in [6.45, 7) is 2.73. The molecule has 0 saturated carbocycles. The van der Waals surface area contributed by atoms with E-state index in [4.69, 9.17) is 0 Å². The van der Waals surface area contributed by atoms with Gasteiger partial charge in [-0.3, -0.25) is 4.79 Å². The van der Waals surface area contributed by atoms with Crippen molar-refractivity contribution in [2.75, 3.05) is 5.32 Å². The first kappa shape index (κ1) is 14.3. The number of nitrogens with one attached hydrogen (secondary N) is 1. The van der Waals surface area contributed by atoms with E-state index in [9.17, 15) is 18.4 Å². The van der Waals surface area contributed by atoms with Gasteiger partial charge in [0.2, 0.25) is 5.91 Å². The Morgan fingerprint density at radius 2 is 1.89 bits per heavy atom. The maximum absolute atomic E-state index is 13.6. The van der Waals surface area contributed by atoms with E-state index in [1.54, 1.807) is 0 Å². The highest BCUT2D eigenvalue weighted by molar-refractivity contribution is 5.89. The lowest BCUT2D eigenvalue weighted by Gasteiger charge is -2.11. The van der Waals surface area contributed by atoms with E-state index >= 15 is 0 Å². The Morgan fingerprint density at radius 1 is 1.22 bits per heavy atom. The Bertz CT molecular complexity index is 472. The molecule has 0 spiro atoms. The summed E-state index contributed by atoms with van der Waals surface area (Å²) in [6, 6.07) is 2.29. The summed E-state index contributed by atoms with van der Waals surface area (Å²) in [4.78, 5) is 21.8. The minimum atomic E-state index is -0.968. The minimum Gasteiger partial charge on any atom is -0.326 e. The number of ketones is 1. The Balaban J connectivity index is 2.93. The van der Waals surface area contributed by atoms with E-state index in [2.05, 4.69) is 5.32 Å². The summed E-state index contributed by atoms with van der Waals surface area (Å²) < 4.78 is 26.8. The monoisotopic (exact) mass is 255 g/mol. The number of benzene rings is 1. The van der Waals surface area contributed by atoms with Crippen LogP contribution in [0.5, 0.6) is 0 Å². The van der Waals surface area contributed by atoms with Crippen LogP contribution >= 0.6 is 0 Å². The molecular weight excluding hydrogens is 240 g/mol. The summed E-state index contributed by atoms with van der Waals surface area (Å²) in [5.41, 5.74) is 0.358. The number of carbonyl (C=O) groups excluding carboxylic acids is 2. The van der Waals surface area contributed by atoms with Gasteiger partial charge in [-0.1, -0.05) is 0 Å². The van der Waals surface area contributed by atoms with Gasteiger partial charge < -0.3 is 10.1 Å². The van der Waals surface area contributed by atoms with Crippen molar-refractivity contribution >= 4 is 17.4 Å². The van der Waals surface area contributed by atoms with Gasteiger partial charge in [0, 0.05) is 24.6 Å². The molecule has 0 heterocycles. The van der Waals surface area contributed by atoms with Gasteiger partial charge in [0.25, 0.3) is 0 Å². The molecule has 0 aliphatic heterocycles. The molecule has 3 nitrogen and oxygen atoms in total. The number of amides is 1. The topological polar surface area (TPSA) is 46.2 Å². The zero-order chi connectivity index (χ0) is 13.7. The smallest absolute Gasteiger partial charge is 0.221 e. The maximum Gasteiger partial charge on any atom is 0.221 e. The zero-order valence-electron chi connectivity index (χ0n) is 10.3. The van der Waals surface area contributed by atoms with Crippen molar-refractivity contribution in [3.63, 3.8) is 0 Å². The van der Waals surface area contributed by atoms with Crippen molar-refractivity contribution in [3.05, 3.63) is 29.3 Å². The van der Waals surface area contributed by atoms with Gasteiger partial charge in [-0.25, -0.2) is 8.78 Å². The highest BCUT2D eigenvalue weighted by Gasteiger charge is 2.14. The third-order valence-corrected chi connectivity index (χ3v) is 2.46. The molecule has 0 atom stereocenters. The van der Waals surface area contributed by atoms with Crippen molar-refractivity contribution in [1.29, 1.82) is 0 Å². The number of halogens is 2. The normalized spacial score (nSPS) is 10.2. The fraction of sp³-hybridized carbons (Fsp3) is 0.385. The fourth-order valence-corrected chi connectivity index (χ4v) is 1.66. The predicted molar refractivity (Wildman–Crippen MR) is 64.3 cm³/mol. The van der Waals surface area contributed by atoms with Crippen LogP contribution in [0.3, 0.4) is 0 Å². The van der Waals surface area contributed by atoms with Crippen LogP contribution in [0.1, 0.15) is 32.3 Å². The molecule has 0 radical (unpaired) electrons. The average Bonchev–Trinajstić information content (AvgIpc) is 2.26. The average molecular weight is 255 g/mol. The second-order valence-corrected chi connectivity index (χ2v) is 4.12. The molecule has 18 heavy (non-hydrogen) atoms. The molecule has 5 heteroatoms. The number of Topliss-reactive ketones (excluding diaryl/α,β-unsaturated/α-hetero) is 1. The van der Waals surface area contributed by atoms with Gasteiger partial charge in [-0.15, -0.1) is 0 Å².